The van der Waals surface area contributed by atoms with Crippen LogP contribution in [0.4, 0.5) is 22.7 Å². The van der Waals surface area contributed by atoms with Gasteiger partial charge in [-0.05, 0) is 87.6 Å². The normalized spacial score (nSPS) is 13.5. The lowest BCUT2D eigenvalue weighted by Gasteiger charge is -2.25. The Morgan fingerprint density at radius 3 is 1.46 bits per heavy atom. The molecule has 0 bridgehead atoms. The summed E-state index contributed by atoms with van der Waals surface area (Å²) in [6.07, 6.45) is -0.242. The predicted molar refractivity (Wildman–Crippen MR) is 200 cm³/mol. The van der Waals surface area contributed by atoms with Crippen LogP contribution in [0.1, 0.15) is 11.8 Å². The molecule has 0 spiro atoms. The molecule has 0 radical (unpaired) electrons. The predicted octanol–water partition coefficient (Wildman–Crippen LogP) is 12.3. The highest BCUT2D eigenvalue weighted by Gasteiger charge is 2.28. The van der Waals surface area contributed by atoms with Gasteiger partial charge >= 0.3 is 0 Å². The molecule has 1 aliphatic rings. The van der Waals surface area contributed by atoms with Crippen LogP contribution in [0.5, 0.6) is 5.75 Å². The number of hydrogen-bond acceptors (Lipinski definition) is 3. The molecule has 8 aromatic carbocycles. The van der Waals surface area contributed by atoms with Crippen LogP contribution in [0.25, 0.3) is 43.8 Å². The molecular weight excluding hydrogens is 585 g/mol. The zero-order chi connectivity index (χ0) is 31.9. The van der Waals surface area contributed by atoms with Crippen molar-refractivity contribution in [2.75, 3.05) is 10.2 Å². The van der Waals surface area contributed by atoms with Gasteiger partial charge in [0.2, 0.25) is 0 Å². The van der Waals surface area contributed by atoms with Gasteiger partial charge in [0, 0.05) is 33.4 Å². The smallest absolute Gasteiger partial charge is 0.196 e. The Bertz CT molecular complexity index is 2330. The van der Waals surface area contributed by atoms with E-state index in [4.69, 9.17) is 4.74 Å². The number of benzene rings is 8. The zero-order valence-corrected chi connectivity index (χ0v) is 26.3. The van der Waals surface area contributed by atoms with Gasteiger partial charge in [-0.3, -0.25) is 0 Å². The van der Waals surface area contributed by atoms with Crippen molar-refractivity contribution in [2.45, 2.75) is 6.23 Å². The number of fused-ring (bicyclic) bond motifs is 6. The maximum atomic E-state index is 6.68. The van der Waals surface area contributed by atoms with E-state index in [0.717, 1.165) is 56.0 Å². The van der Waals surface area contributed by atoms with Crippen molar-refractivity contribution in [1.29, 1.82) is 0 Å². The zero-order valence-electron chi connectivity index (χ0n) is 26.3. The fraction of sp³-hybridized carbons (Fsp3) is 0.0222. The molecule has 0 fully saturated rings. The summed E-state index contributed by atoms with van der Waals surface area (Å²) in [5.41, 5.74) is 10.2. The summed E-state index contributed by atoms with van der Waals surface area (Å²) in [7, 11) is 0. The van der Waals surface area contributed by atoms with Crippen molar-refractivity contribution < 1.29 is 4.74 Å². The third-order valence-corrected chi connectivity index (χ3v) is 9.28. The van der Waals surface area contributed by atoms with Crippen molar-refractivity contribution in [2.24, 2.45) is 0 Å². The van der Waals surface area contributed by atoms with E-state index in [0.29, 0.717) is 0 Å². The number of anilines is 4. The fourth-order valence-electron chi connectivity index (χ4n) is 6.92. The van der Waals surface area contributed by atoms with E-state index >= 15 is 0 Å². The fourth-order valence-corrected chi connectivity index (χ4v) is 6.92. The standard InChI is InChI=1S/C45H32N2O/c1-5-13-31(14-6-1)34-23-27-39-41(29-34)42-30-35(24-28-40(42)44-43(39)46-45(48-44)33-15-7-2-8-16-33)32-21-25-38(26-22-32)47(36-17-9-3-10-18-36)37-19-11-4-12-20-37/h1-30,45-46H. The second-order valence-electron chi connectivity index (χ2n) is 12.2. The van der Waals surface area contributed by atoms with E-state index in [2.05, 4.69) is 186 Å². The molecular formula is C45H32N2O. The summed E-state index contributed by atoms with van der Waals surface area (Å²) < 4.78 is 6.68. The van der Waals surface area contributed by atoms with Gasteiger partial charge in [0.15, 0.2) is 12.0 Å². The van der Waals surface area contributed by atoms with E-state index in [-0.39, 0.29) is 6.23 Å². The minimum Gasteiger partial charge on any atom is -0.464 e. The molecule has 8 aromatic rings. The monoisotopic (exact) mass is 616 g/mol. The SMILES string of the molecule is c1ccc(-c2ccc3c4c(c5ccc(-c6ccc(N(c7ccccc7)c7ccccc7)cc6)cc5c3c2)OC(c2ccccc2)N4)cc1. The number of ether oxygens (including phenoxy) is 1. The first kappa shape index (κ1) is 27.9. The molecule has 0 saturated heterocycles. The van der Waals surface area contributed by atoms with Gasteiger partial charge in [0.25, 0.3) is 0 Å². The van der Waals surface area contributed by atoms with E-state index in [1.54, 1.807) is 0 Å². The highest BCUT2D eigenvalue weighted by molar-refractivity contribution is 6.19. The lowest BCUT2D eigenvalue weighted by Crippen LogP contribution is -2.09. The highest BCUT2D eigenvalue weighted by Crippen LogP contribution is 2.50. The van der Waals surface area contributed by atoms with Crippen molar-refractivity contribution in [3.05, 3.63) is 188 Å². The van der Waals surface area contributed by atoms with Gasteiger partial charge in [-0.25, -0.2) is 0 Å². The van der Waals surface area contributed by atoms with E-state index in [1.165, 1.54) is 21.9 Å². The van der Waals surface area contributed by atoms with Crippen molar-refractivity contribution in [3.8, 4) is 28.0 Å². The summed E-state index contributed by atoms with van der Waals surface area (Å²) in [4.78, 5) is 2.29. The first-order valence-corrected chi connectivity index (χ1v) is 16.4. The van der Waals surface area contributed by atoms with Crippen LogP contribution in [0.3, 0.4) is 0 Å². The van der Waals surface area contributed by atoms with Crippen LogP contribution in [-0.4, -0.2) is 0 Å². The summed E-state index contributed by atoms with van der Waals surface area (Å²) in [6.45, 7) is 0. The molecule has 3 nitrogen and oxygen atoms in total. The molecule has 228 valence electrons. The molecule has 1 unspecified atom stereocenters. The largest absolute Gasteiger partial charge is 0.464 e. The average Bonchev–Trinajstić information content (AvgIpc) is 3.63. The lowest BCUT2D eigenvalue weighted by molar-refractivity contribution is 0.262. The molecule has 1 N–H and O–H groups in total. The molecule has 0 aliphatic carbocycles. The molecule has 1 heterocycles. The van der Waals surface area contributed by atoms with Crippen LogP contribution in [-0.2, 0) is 0 Å². The molecule has 0 aromatic heterocycles. The molecule has 48 heavy (non-hydrogen) atoms. The average molecular weight is 617 g/mol. The van der Waals surface area contributed by atoms with Crippen molar-refractivity contribution >= 4 is 44.3 Å². The van der Waals surface area contributed by atoms with Gasteiger partial charge < -0.3 is 15.0 Å². The third-order valence-electron chi connectivity index (χ3n) is 9.28. The highest BCUT2D eigenvalue weighted by atomic mass is 16.5. The van der Waals surface area contributed by atoms with E-state index in [9.17, 15) is 0 Å². The Kier molecular flexibility index (Phi) is 6.87. The Hall–Kier alpha value is -6.32. The maximum Gasteiger partial charge on any atom is 0.196 e. The van der Waals surface area contributed by atoms with Crippen molar-refractivity contribution in [3.63, 3.8) is 0 Å². The molecule has 1 aliphatic heterocycles. The first-order chi connectivity index (χ1) is 23.8. The quantitative estimate of drug-likeness (QED) is 0.188. The summed E-state index contributed by atoms with van der Waals surface area (Å²) >= 11 is 0. The van der Waals surface area contributed by atoms with Gasteiger partial charge in [0.05, 0.1) is 5.69 Å². The second-order valence-corrected chi connectivity index (χ2v) is 12.2. The van der Waals surface area contributed by atoms with Crippen LogP contribution in [0.15, 0.2) is 182 Å². The number of para-hydroxylation sites is 2. The van der Waals surface area contributed by atoms with Crippen LogP contribution in [0, 0.1) is 0 Å². The number of nitrogens with one attached hydrogen (secondary N) is 1. The molecule has 9 rings (SSSR count). The van der Waals surface area contributed by atoms with Crippen molar-refractivity contribution in [1.82, 2.24) is 0 Å². The van der Waals surface area contributed by atoms with E-state index in [1.807, 2.05) is 6.07 Å². The minimum atomic E-state index is -0.242. The topological polar surface area (TPSA) is 24.5 Å². The molecule has 0 saturated carbocycles. The van der Waals surface area contributed by atoms with Gasteiger partial charge in [-0.15, -0.1) is 0 Å². The second kappa shape index (κ2) is 11.8. The van der Waals surface area contributed by atoms with Gasteiger partial charge in [-0.2, -0.15) is 0 Å². The summed E-state index contributed by atoms with van der Waals surface area (Å²) in [5.74, 6) is 0.905. The van der Waals surface area contributed by atoms with E-state index < -0.39 is 0 Å². The van der Waals surface area contributed by atoms with Crippen LogP contribution >= 0.6 is 0 Å². The van der Waals surface area contributed by atoms with Crippen LogP contribution in [0.2, 0.25) is 0 Å². The number of rotatable bonds is 6. The number of nitrogens with zero attached hydrogens (tertiary/aromatic N) is 1. The molecule has 3 heteroatoms. The lowest BCUT2D eigenvalue weighted by atomic mass is 9.93. The Balaban J connectivity index is 1.17. The van der Waals surface area contributed by atoms with Crippen LogP contribution < -0.4 is 15.0 Å². The van der Waals surface area contributed by atoms with Gasteiger partial charge in [-0.1, -0.05) is 127 Å². The first-order valence-electron chi connectivity index (χ1n) is 16.4. The van der Waals surface area contributed by atoms with Gasteiger partial charge in [0.1, 0.15) is 0 Å². The molecule has 0 amide bonds. The molecule has 1 atom stereocenters. The summed E-state index contributed by atoms with van der Waals surface area (Å²) in [6, 6.07) is 64.5. The Labute approximate surface area is 280 Å². The summed E-state index contributed by atoms with van der Waals surface area (Å²) in [5, 5.41) is 8.35. The minimum absolute atomic E-state index is 0.242. The third kappa shape index (κ3) is 4.94. The maximum absolute atomic E-state index is 6.68. The number of hydrogen-bond donors (Lipinski definition) is 1. The Morgan fingerprint density at radius 1 is 0.396 bits per heavy atom. The Morgan fingerprint density at radius 2 is 0.854 bits per heavy atom.